The van der Waals surface area contributed by atoms with Gasteiger partial charge in [-0.25, -0.2) is 4.98 Å². The fourth-order valence-corrected chi connectivity index (χ4v) is 2.26. The van der Waals surface area contributed by atoms with Crippen molar-refractivity contribution in [2.45, 2.75) is 20.1 Å². The van der Waals surface area contributed by atoms with Crippen molar-refractivity contribution >= 4 is 17.2 Å². The molecule has 2 rings (SSSR count). The average Bonchev–Trinajstić information content (AvgIpc) is 2.89. The molecule has 5 heteroatoms. The van der Waals surface area contributed by atoms with Crippen molar-refractivity contribution in [3.05, 3.63) is 40.5 Å². The molecule has 2 aromatic heterocycles. The molecule has 0 unspecified atom stereocenters. The molecule has 0 aliphatic heterocycles. The lowest BCUT2D eigenvalue weighted by Gasteiger charge is -2.20. The molecule has 17 heavy (non-hydrogen) atoms. The van der Waals surface area contributed by atoms with Gasteiger partial charge in [-0.2, -0.15) is 0 Å². The van der Waals surface area contributed by atoms with Crippen LogP contribution >= 0.6 is 11.3 Å². The van der Waals surface area contributed by atoms with Gasteiger partial charge in [-0.3, -0.25) is 4.98 Å². The molecule has 4 nitrogen and oxygen atoms in total. The highest BCUT2D eigenvalue weighted by Gasteiger charge is 2.07. The number of hydrogen-bond acceptors (Lipinski definition) is 5. The molecule has 0 fully saturated rings. The van der Waals surface area contributed by atoms with Crippen molar-refractivity contribution in [3.8, 4) is 0 Å². The maximum Gasteiger partial charge on any atom is 0.147 e. The van der Waals surface area contributed by atoms with Gasteiger partial charge in [0.05, 0.1) is 31.2 Å². The molecule has 0 aromatic carbocycles. The minimum Gasteiger partial charge on any atom is -0.390 e. The van der Waals surface area contributed by atoms with Crippen molar-refractivity contribution in [2.75, 3.05) is 11.4 Å². The zero-order valence-electron chi connectivity index (χ0n) is 9.71. The van der Waals surface area contributed by atoms with Crippen LogP contribution in [0.1, 0.15) is 17.5 Å². The van der Waals surface area contributed by atoms with Gasteiger partial charge in [-0.1, -0.05) is 6.07 Å². The first-order valence-corrected chi connectivity index (χ1v) is 6.40. The second-order valence-corrected chi connectivity index (χ2v) is 4.65. The molecule has 0 aliphatic carbocycles. The summed E-state index contributed by atoms with van der Waals surface area (Å²) in [7, 11) is 0. The molecule has 1 N–H and O–H groups in total. The fraction of sp³-hybridized carbons (Fsp3) is 0.333. The quantitative estimate of drug-likeness (QED) is 0.881. The number of nitrogens with zero attached hydrogens (tertiary/aromatic N) is 3. The normalized spacial score (nSPS) is 10.5. The molecule has 0 spiro atoms. The van der Waals surface area contributed by atoms with E-state index in [0.717, 1.165) is 18.9 Å². The molecule has 0 saturated heterocycles. The Morgan fingerprint density at radius 3 is 2.76 bits per heavy atom. The molecule has 90 valence electrons. The van der Waals surface area contributed by atoms with Crippen molar-refractivity contribution in [1.29, 1.82) is 0 Å². The van der Waals surface area contributed by atoms with E-state index in [1.807, 2.05) is 6.07 Å². The number of thiophene rings is 1. The van der Waals surface area contributed by atoms with Gasteiger partial charge in [-0.15, -0.1) is 11.3 Å². The molecule has 0 atom stereocenters. The van der Waals surface area contributed by atoms with Crippen LogP contribution in [0.2, 0.25) is 0 Å². The zero-order chi connectivity index (χ0) is 12.1. The predicted octanol–water partition coefficient (Wildman–Crippen LogP) is 2.06. The first-order chi connectivity index (χ1) is 8.33. The lowest BCUT2D eigenvalue weighted by atomic mass is 10.4. The maximum atomic E-state index is 8.92. The Hall–Kier alpha value is -1.46. The number of aliphatic hydroxyl groups excluding tert-OH is 1. The summed E-state index contributed by atoms with van der Waals surface area (Å²) >= 11 is 1.74. The highest BCUT2D eigenvalue weighted by Crippen LogP contribution is 2.16. The molecular weight excluding hydrogens is 234 g/mol. The molecule has 0 amide bonds. The van der Waals surface area contributed by atoms with Crippen LogP contribution in [0, 0.1) is 0 Å². The standard InChI is InChI=1S/C12H15N3OS/c1-2-15(8-11-4-3-5-17-11)12-7-13-10(9-16)6-14-12/h3-7,16H,2,8-9H2,1H3. The summed E-state index contributed by atoms with van der Waals surface area (Å²) in [5, 5.41) is 11.0. The van der Waals surface area contributed by atoms with Crippen LogP contribution in [0.4, 0.5) is 5.82 Å². The van der Waals surface area contributed by atoms with Crippen molar-refractivity contribution in [1.82, 2.24) is 9.97 Å². The Kier molecular flexibility index (Phi) is 4.06. The maximum absolute atomic E-state index is 8.92. The number of hydrogen-bond donors (Lipinski definition) is 1. The van der Waals surface area contributed by atoms with E-state index in [9.17, 15) is 0 Å². The zero-order valence-corrected chi connectivity index (χ0v) is 10.5. The van der Waals surface area contributed by atoms with Crippen LogP contribution in [0.5, 0.6) is 0 Å². The molecule has 0 saturated carbocycles. The minimum absolute atomic E-state index is 0.0651. The molecule has 0 bridgehead atoms. The first kappa shape index (κ1) is 12.0. The van der Waals surface area contributed by atoms with Gasteiger partial charge in [0.1, 0.15) is 5.82 Å². The third kappa shape index (κ3) is 3.01. The van der Waals surface area contributed by atoms with Crippen molar-refractivity contribution in [2.24, 2.45) is 0 Å². The Morgan fingerprint density at radius 2 is 2.24 bits per heavy atom. The van der Waals surface area contributed by atoms with Crippen LogP contribution in [0.25, 0.3) is 0 Å². The van der Waals surface area contributed by atoms with Crippen molar-refractivity contribution < 1.29 is 5.11 Å². The highest BCUT2D eigenvalue weighted by atomic mass is 32.1. The van der Waals surface area contributed by atoms with Crippen molar-refractivity contribution in [3.63, 3.8) is 0 Å². The third-order valence-electron chi connectivity index (χ3n) is 2.49. The van der Waals surface area contributed by atoms with E-state index in [1.54, 1.807) is 23.7 Å². The largest absolute Gasteiger partial charge is 0.390 e. The summed E-state index contributed by atoms with van der Waals surface area (Å²) in [5.41, 5.74) is 0.598. The highest BCUT2D eigenvalue weighted by molar-refractivity contribution is 7.09. The van der Waals surface area contributed by atoms with Gasteiger partial charge in [0.15, 0.2) is 0 Å². The third-order valence-corrected chi connectivity index (χ3v) is 3.35. The van der Waals surface area contributed by atoms with Gasteiger partial charge >= 0.3 is 0 Å². The summed E-state index contributed by atoms with van der Waals surface area (Å²) in [6.07, 6.45) is 3.33. The van der Waals surface area contributed by atoms with E-state index < -0.39 is 0 Å². The summed E-state index contributed by atoms with van der Waals surface area (Å²) < 4.78 is 0. The number of aliphatic hydroxyl groups is 1. The second-order valence-electron chi connectivity index (χ2n) is 3.62. The van der Waals surface area contributed by atoms with Gasteiger partial charge < -0.3 is 10.0 Å². The van der Waals surface area contributed by atoms with E-state index in [4.69, 9.17) is 5.11 Å². The summed E-state index contributed by atoms with van der Waals surface area (Å²) in [5.74, 6) is 0.845. The van der Waals surface area contributed by atoms with Gasteiger partial charge in [0, 0.05) is 11.4 Å². The molecule has 2 heterocycles. The predicted molar refractivity (Wildman–Crippen MR) is 69.0 cm³/mol. The Balaban J connectivity index is 2.11. The van der Waals surface area contributed by atoms with Crippen LogP contribution < -0.4 is 4.90 Å². The van der Waals surface area contributed by atoms with Gasteiger partial charge in [0.25, 0.3) is 0 Å². The Morgan fingerprint density at radius 1 is 1.35 bits per heavy atom. The Bertz CT molecular complexity index is 441. The average molecular weight is 249 g/mol. The Labute approximate surface area is 105 Å². The van der Waals surface area contributed by atoms with Crippen LogP contribution in [0.3, 0.4) is 0 Å². The fourth-order valence-electron chi connectivity index (χ4n) is 1.54. The SMILES string of the molecule is CCN(Cc1cccs1)c1cnc(CO)cn1. The minimum atomic E-state index is -0.0651. The smallest absolute Gasteiger partial charge is 0.147 e. The van der Waals surface area contributed by atoms with Crippen LogP contribution in [-0.4, -0.2) is 21.6 Å². The van der Waals surface area contributed by atoms with E-state index in [-0.39, 0.29) is 6.61 Å². The molecule has 2 aromatic rings. The van der Waals surface area contributed by atoms with Gasteiger partial charge in [0.2, 0.25) is 0 Å². The van der Waals surface area contributed by atoms with E-state index in [0.29, 0.717) is 5.69 Å². The molecular formula is C12H15N3OS. The number of anilines is 1. The van der Waals surface area contributed by atoms with Crippen LogP contribution in [0.15, 0.2) is 29.9 Å². The van der Waals surface area contributed by atoms with E-state index in [2.05, 4.69) is 33.2 Å². The first-order valence-electron chi connectivity index (χ1n) is 5.52. The summed E-state index contributed by atoms with van der Waals surface area (Å²) in [6.45, 7) is 3.76. The van der Waals surface area contributed by atoms with E-state index in [1.165, 1.54) is 4.88 Å². The molecule has 0 radical (unpaired) electrons. The molecule has 0 aliphatic rings. The summed E-state index contributed by atoms with van der Waals surface area (Å²) in [4.78, 5) is 11.9. The topological polar surface area (TPSA) is 49.2 Å². The number of rotatable bonds is 5. The number of aromatic nitrogens is 2. The lowest BCUT2D eigenvalue weighted by Crippen LogP contribution is -2.22. The van der Waals surface area contributed by atoms with E-state index >= 15 is 0 Å². The summed E-state index contributed by atoms with van der Waals surface area (Å²) in [6, 6.07) is 4.16. The monoisotopic (exact) mass is 249 g/mol. The second kappa shape index (κ2) is 5.75. The van der Waals surface area contributed by atoms with Crippen LogP contribution in [-0.2, 0) is 13.2 Å². The van der Waals surface area contributed by atoms with Gasteiger partial charge in [-0.05, 0) is 18.4 Å². The lowest BCUT2D eigenvalue weighted by molar-refractivity contribution is 0.276.